The van der Waals surface area contributed by atoms with Gasteiger partial charge in [-0.2, -0.15) is 5.26 Å². The molecule has 1 aromatic rings. The molecule has 0 bridgehead atoms. The van der Waals surface area contributed by atoms with Gasteiger partial charge in [-0.15, -0.1) is 0 Å². The Morgan fingerprint density at radius 3 is 2.80 bits per heavy atom. The van der Waals surface area contributed by atoms with Crippen LogP contribution in [0.5, 0.6) is 5.75 Å². The Morgan fingerprint density at radius 1 is 1.53 bits per heavy atom. The van der Waals surface area contributed by atoms with Crippen LogP contribution in [0.15, 0.2) is 29.8 Å². The SMILES string of the molecule is CC(C)=CCOc1ccc(C#N)cc1F. The Kier molecular flexibility index (Phi) is 3.87. The summed E-state index contributed by atoms with van der Waals surface area (Å²) in [6, 6.07) is 6.02. The molecule has 0 aliphatic carbocycles. The Morgan fingerprint density at radius 2 is 2.27 bits per heavy atom. The molecule has 0 spiro atoms. The van der Waals surface area contributed by atoms with Crippen molar-refractivity contribution in [1.82, 2.24) is 0 Å². The van der Waals surface area contributed by atoms with Gasteiger partial charge in [0, 0.05) is 0 Å². The highest BCUT2D eigenvalue weighted by atomic mass is 19.1. The average molecular weight is 205 g/mol. The maximum absolute atomic E-state index is 13.3. The van der Waals surface area contributed by atoms with Crippen molar-refractivity contribution >= 4 is 0 Å². The van der Waals surface area contributed by atoms with Gasteiger partial charge in [0.25, 0.3) is 0 Å². The van der Waals surface area contributed by atoms with Gasteiger partial charge >= 0.3 is 0 Å². The van der Waals surface area contributed by atoms with E-state index in [4.69, 9.17) is 10.00 Å². The lowest BCUT2D eigenvalue weighted by atomic mass is 10.2. The van der Waals surface area contributed by atoms with Crippen LogP contribution < -0.4 is 4.74 Å². The van der Waals surface area contributed by atoms with Crippen LogP contribution in [0, 0.1) is 17.1 Å². The summed E-state index contributed by atoms with van der Waals surface area (Å²) in [6.07, 6.45) is 1.86. The molecule has 0 unspecified atom stereocenters. The van der Waals surface area contributed by atoms with Crippen molar-refractivity contribution < 1.29 is 9.13 Å². The molecule has 0 aromatic heterocycles. The Hall–Kier alpha value is -1.82. The fourth-order valence-electron chi connectivity index (χ4n) is 0.986. The van der Waals surface area contributed by atoms with Gasteiger partial charge in [0.1, 0.15) is 6.61 Å². The summed E-state index contributed by atoms with van der Waals surface area (Å²) in [5.74, 6) is -0.331. The van der Waals surface area contributed by atoms with Gasteiger partial charge in [0.15, 0.2) is 11.6 Å². The fraction of sp³-hybridized carbons (Fsp3) is 0.250. The highest BCUT2D eigenvalue weighted by molar-refractivity contribution is 5.36. The first-order valence-electron chi connectivity index (χ1n) is 4.59. The summed E-state index contributed by atoms with van der Waals surface area (Å²) in [4.78, 5) is 0. The van der Waals surface area contributed by atoms with Crippen molar-refractivity contribution in [2.75, 3.05) is 6.61 Å². The molecule has 0 atom stereocenters. The van der Waals surface area contributed by atoms with Crippen LogP contribution in [0.2, 0.25) is 0 Å². The van der Waals surface area contributed by atoms with E-state index < -0.39 is 5.82 Å². The van der Waals surface area contributed by atoms with Gasteiger partial charge < -0.3 is 4.74 Å². The van der Waals surface area contributed by atoms with Gasteiger partial charge in [-0.1, -0.05) is 5.57 Å². The largest absolute Gasteiger partial charge is 0.486 e. The zero-order valence-electron chi connectivity index (χ0n) is 8.75. The summed E-state index contributed by atoms with van der Waals surface area (Å²) in [5, 5.41) is 8.53. The fourth-order valence-corrected chi connectivity index (χ4v) is 0.986. The molecule has 0 amide bonds. The van der Waals surface area contributed by atoms with E-state index in [-0.39, 0.29) is 5.75 Å². The number of benzene rings is 1. The highest BCUT2D eigenvalue weighted by Crippen LogP contribution is 2.17. The van der Waals surface area contributed by atoms with Crippen LogP contribution >= 0.6 is 0 Å². The minimum atomic E-state index is -0.504. The number of hydrogen-bond donors (Lipinski definition) is 0. The maximum atomic E-state index is 13.3. The lowest BCUT2D eigenvalue weighted by molar-refractivity contribution is 0.341. The monoisotopic (exact) mass is 205 g/mol. The summed E-state index contributed by atoms with van der Waals surface area (Å²) >= 11 is 0. The van der Waals surface area contributed by atoms with Crippen LogP contribution in [-0.2, 0) is 0 Å². The molecule has 3 heteroatoms. The zero-order valence-corrected chi connectivity index (χ0v) is 8.75. The quantitative estimate of drug-likeness (QED) is 0.710. The van der Waals surface area contributed by atoms with E-state index in [9.17, 15) is 4.39 Å². The van der Waals surface area contributed by atoms with Crippen molar-refractivity contribution in [2.24, 2.45) is 0 Å². The number of hydrogen-bond acceptors (Lipinski definition) is 2. The lowest BCUT2D eigenvalue weighted by Crippen LogP contribution is -1.96. The average Bonchev–Trinajstić information content (AvgIpc) is 2.20. The topological polar surface area (TPSA) is 33.0 Å². The van der Waals surface area contributed by atoms with Gasteiger partial charge in [-0.25, -0.2) is 4.39 Å². The van der Waals surface area contributed by atoms with E-state index in [2.05, 4.69) is 0 Å². The van der Waals surface area contributed by atoms with Gasteiger partial charge in [0.2, 0.25) is 0 Å². The second-order valence-electron chi connectivity index (χ2n) is 3.35. The van der Waals surface area contributed by atoms with Crippen LogP contribution in [-0.4, -0.2) is 6.61 Å². The van der Waals surface area contributed by atoms with E-state index >= 15 is 0 Å². The molecule has 1 aromatic carbocycles. The van der Waals surface area contributed by atoms with E-state index in [1.807, 2.05) is 26.0 Å². The predicted octanol–water partition coefficient (Wildman–Crippen LogP) is 3.04. The Bertz CT molecular complexity index is 414. The van der Waals surface area contributed by atoms with E-state index in [0.717, 1.165) is 11.6 Å². The molecule has 15 heavy (non-hydrogen) atoms. The molecule has 0 heterocycles. The number of nitrogens with zero attached hydrogens (tertiary/aromatic N) is 1. The second-order valence-corrected chi connectivity index (χ2v) is 3.35. The predicted molar refractivity (Wildman–Crippen MR) is 56.0 cm³/mol. The molecule has 0 saturated carbocycles. The molecule has 0 fully saturated rings. The van der Waals surface area contributed by atoms with Gasteiger partial charge in [-0.05, 0) is 38.1 Å². The normalized spacial score (nSPS) is 9.20. The molecule has 0 N–H and O–H groups in total. The zero-order chi connectivity index (χ0) is 11.3. The first-order chi connectivity index (χ1) is 7.13. The van der Waals surface area contributed by atoms with Crippen molar-refractivity contribution in [3.8, 4) is 11.8 Å². The van der Waals surface area contributed by atoms with Crippen molar-refractivity contribution in [3.63, 3.8) is 0 Å². The molecule has 78 valence electrons. The number of nitriles is 1. The van der Waals surface area contributed by atoms with Crippen LogP contribution in [0.3, 0.4) is 0 Å². The number of rotatable bonds is 3. The third kappa shape index (κ3) is 3.43. The number of halogens is 1. The molecular weight excluding hydrogens is 193 g/mol. The molecule has 0 aliphatic heterocycles. The summed E-state index contributed by atoms with van der Waals surface area (Å²) < 4.78 is 18.5. The second kappa shape index (κ2) is 5.16. The minimum Gasteiger partial charge on any atom is -0.486 e. The molecule has 2 nitrogen and oxygen atoms in total. The van der Waals surface area contributed by atoms with Crippen molar-refractivity contribution in [3.05, 3.63) is 41.2 Å². The third-order valence-electron chi connectivity index (χ3n) is 1.79. The lowest BCUT2D eigenvalue weighted by Gasteiger charge is -2.04. The van der Waals surface area contributed by atoms with Crippen LogP contribution in [0.25, 0.3) is 0 Å². The summed E-state index contributed by atoms with van der Waals surface area (Å²) in [7, 11) is 0. The number of allylic oxidation sites excluding steroid dienone is 1. The molecular formula is C12H12FNO. The summed E-state index contributed by atoms with van der Waals surface area (Å²) in [5.41, 5.74) is 1.41. The minimum absolute atomic E-state index is 0.173. The van der Waals surface area contributed by atoms with Crippen LogP contribution in [0.4, 0.5) is 4.39 Å². The van der Waals surface area contributed by atoms with Gasteiger partial charge in [-0.3, -0.25) is 0 Å². The smallest absolute Gasteiger partial charge is 0.166 e. The van der Waals surface area contributed by atoms with Crippen LogP contribution in [0.1, 0.15) is 19.4 Å². The van der Waals surface area contributed by atoms with Crippen molar-refractivity contribution in [2.45, 2.75) is 13.8 Å². The van der Waals surface area contributed by atoms with E-state index in [1.54, 1.807) is 0 Å². The van der Waals surface area contributed by atoms with Crippen molar-refractivity contribution in [1.29, 1.82) is 5.26 Å². The third-order valence-corrected chi connectivity index (χ3v) is 1.79. The molecule has 0 aliphatic rings. The molecule has 1 rings (SSSR count). The first-order valence-corrected chi connectivity index (χ1v) is 4.59. The number of ether oxygens (including phenoxy) is 1. The molecule has 0 radical (unpaired) electrons. The molecule has 0 saturated heterocycles. The Balaban J connectivity index is 2.71. The highest BCUT2D eigenvalue weighted by Gasteiger charge is 2.03. The first kappa shape index (κ1) is 11.3. The van der Waals surface area contributed by atoms with Gasteiger partial charge in [0.05, 0.1) is 11.6 Å². The van der Waals surface area contributed by atoms with E-state index in [1.165, 1.54) is 12.1 Å². The maximum Gasteiger partial charge on any atom is 0.166 e. The Labute approximate surface area is 88.6 Å². The standard InChI is InChI=1S/C12H12FNO/c1-9(2)5-6-15-12-4-3-10(8-14)7-11(12)13/h3-5,7H,6H2,1-2H3. The van der Waals surface area contributed by atoms with E-state index in [0.29, 0.717) is 12.2 Å². The summed E-state index contributed by atoms with van der Waals surface area (Å²) in [6.45, 7) is 4.22.